The Hall–Kier alpha value is -0.920. The molecule has 12 heavy (non-hydrogen) atoms. The molecule has 0 aromatic carbocycles. The molecule has 0 aliphatic carbocycles. The second-order valence-electron chi connectivity index (χ2n) is 2.34. The number of aryl methyl sites for hydroxylation is 1. The Morgan fingerprint density at radius 2 is 2.42 bits per heavy atom. The van der Waals surface area contributed by atoms with Crippen molar-refractivity contribution in [2.24, 2.45) is 7.05 Å². The highest BCUT2D eigenvalue weighted by atomic mass is 127. The van der Waals surface area contributed by atoms with E-state index in [1.807, 2.05) is 22.6 Å². The summed E-state index contributed by atoms with van der Waals surface area (Å²) in [4.78, 5) is 17.8. The van der Waals surface area contributed by atoms with Crippen molar-refractivity contribution in [2.75, 3.05) is 0 Å². The van der Waals surface area contributed by atoms with E-state index in [2.05, 4.69) is 15.1 Å². The van der Waals surface area contributed by atoms with Crippen LogP contribution in [0.4, 0.5) is 0 Å². The average molecular weight is 276 g/mol. The van der Waals surface area contributed by atoms with Gasteiger partial charge in [0.05, 0.1) is 6.33 Å². The third-order valence-corrected chi connectivity index (χ3v) is 2.34. The quantitative estimate of drug-likeness (QED) is 0.702. The maximum Gasteiger partial charge on any atom is 0.262 e. The molecule has 2 aromatic rings. The number of hydrogen-bond donors (Lipinski definition) is 1. The lowest BCUT2D eigenvalue weighted by Crippen LogP contribution is -2.06. The van der Waals surface area contributed by atoms with Gasteiger partial charge >= 0.3 is 0 Å². The molecule has 0 saturated carbocycles. The average Bonchev–Trinajstić information content (AvgIpc) is 2.29. The van der Waals surface area contributed by atoms with Gasteiger partial charge in [0.15, 0.2) is 5.65 Å². The zero-order chi connectivity index (χ0) is 8.72. The number of aromatic nitrogens is 4. The molecule has 0 saturated heterocycles. The lowest BCUT2D eigenvalue weighted by Gasteiger charge is -1.88. The molecule has 2 rings (SSSR count). The first-order valence-electron chi connectivity index (χ1n) is 3.26. The van der Waals surface area contributed by atoms with Crippen LogP contribution in [0.2, 0.25) is 0 Å². The first kappa shape index (κ1) is 7.71. The summed E-state index contributed by atoms with van der Waals surface area (Å²) < 4.78 is 2.27. The van der Waals surface area contributed by atoms with Gasteiger partial charge < -0.3 is 4.98 Å². The Morgan fingerprint density at radius 1 is 1.67 bits per heavy atom. The third kappa shape index (κ3) is 0.942. The number of rotatable bonds is 0. The summed E-state index contributed by atoms with van der Waals surface area (Å²) in [7, 11) is 1.76. The van der Waals surface area contributed by atoms with Crippen LogP contribution in [-0.2, 0) is 7.05 Å². The van der Waals surface area contributed by atoms with Gasteiger partial charge in [0.2, 0.25) is 0 Å². The molecular weight excluding hydrogens is 271 g/mol. The van der Waals surface area contributed by atoms with Crippen molar-refractivity contribution in [3.8, 4) is 0 Å². The van der Waals surface area contributed by atoms with Crippen molar-refractivity contribution < 1.29 is 0 Å². The fraction of sp³-hybridized carbons (Fsp3) is 0.167. The van der Waals surface area contributed by atoms with Crippen molar-refractivity contribution >= 4 is 33.6 Å². The predicted molar refractivity (Wildman–Crippen MR) is 51.8 cm³/mol. The molecule has 0 bridgehead atoms. The monoisotopic (exact) mass is 276 g/mol. The van der Waals surface area contributed by atoms with E-state index in [0.29, 0.717) is 14.7 Å². The molecule has 0 aliphatic heterocycles. The Kier molecular flexibility index (Phi) is 1.63. The number of hydrogen-bond acceptors (Lipinski definition) is 3. The van der Waals surface area contributed by atoms with Crippen LogP contribution in [0.15, 0.2) is 11.1 Å². The first-order valence-corrected chi connectivity index (χ1v) is 4.34. The number of halogens is 1. The van der Waals surface area contributed by atoms with Gasteiger partial charge in [-0.2, -0.15) is 5.10 Å². The molecule has 62 valence electrons. The summed E-state index contributed by atoms with van der Waals surface area (Å²) >= 11 is 2.01. The number of nitrogens with zero attached hydrogens (tertiary/aromatic N) is 3. The summed E-state index contributed by atoms with van der Waals surface area (Å²) in [6.07, 6.45) is 1.38. The minimum Gasteiger partial charge on any atom is -0.312 e. The maximum atomic E-state index is 11.3. The molecule has 1 N–H and O–H groups in total. The molecule has 0 atom stereocenters. The normalized spacial score (nSPS) is 10.8. The molecule has 0 aliphatic rings. The van der Waals surface area contributed by atoms with Gasteiger partial charge in [-0.1, -0.05) is 0 Å². The van der Waals surface area contributed by atoms with Crippen molar-refractivity contribution in [1.82, 2.24) is 19.7 Å². The van der Waals surface area contributed by atoms with E-state index in [1.165, 1.54) is 6.33 Å². The predicted octanol–water partition coefficient (Wildman–Crippen LogP) is 0.261. The Balaban J connectivity index is 3.09. The van der Waals surface area contributed by atoms with Gasteiger partial charge in [-0.3, -0.25) is 4.79 Å². The SMILES string of the molecule is Cn1nc(I)c2c(=O)[nH]cnc21. The fourth-order valence-corrected chi connectivity index (χ4v) is 1.86. The minimum atomic E-state index is -0.141. The van der Waals surface area contributed by atoms with E-state index in [0.717, 1.165) is 0 Å². The minimum absolute atomic E-state index is 0.141. The molecule has 0 spiro atoms. The smallest absolute Gasteiger partial charge is 0.262 e. The lowest BCUT2D eigenvalue weighted by molar-refractivity contribution is 0.776. The number of aromatic amines is 1. The molecule has 0 amide bonds. The van der Waals surface area contributed by atoms with Crippen molar-refractivity contribution in [3.63, 3.8) is 0 Å². The Labute approximate surface area is 80.9 Å². The van der Waals surface area contributed by atoms with Gasteiger partial charge in [-0.05, 0) is 22.6 Å². The van der Waals surface area contributed by atoms with Gasteiger partial charge in [0.25, 0.3) is 5.56 Å². The molecule has 2 aromatic heterocycles. The summed E-state index contributed by atoms with van der Waals surface area (Å²) in [5.74, 6) is 0. The highest BCUT2D eigenvalue weighted by Gasteiger charge is 2.09. The topological polar surface area (TPSA) is 63.6 Å². The molecule has 5 nitrogen and oxygen atoms in total. The molecular formula is C6H5IN4O. The summed E-state index contributed by atoms with van der Waals surface area (Å²) in [5, 5.41) is 4.63. The van der Waals surface area contributed by atoms with Crippen molar-refractivity contribution in [1.29, 1.82) is 0 Å². The van der Waals surface area contributed by atoms with E-state index in [1.54, 1.807) is 11.7 Å². The van der Waals surface area contributed by atoms with Gasteiger partial charge in [-0.25, -0.2) is 9.67 Å². The van der Waals surface area contributed by atoms with Crippen molar-refractivity contribution in [3.05, 3.63) is 20.4 Å². The van der Waals surface area contributed by atoms with Crippen LogP contribution in [0.5, 0.6) is 0 Å². The third-order valence-electron chi connectivity index (χ3n) is 1.58. The Morgan fingerprint density at radius 3 is 3.08 bits per heavy atom. The summed E-state index contributed by atoms with van der Waals surface area (Å²) in [6.45, 7) is 0. The van der Waals surface area contributed by atoms with E-state index >= 15 is 0 Å². The van der Waals surface area contributed by atoms with Crippen LogP contribution in [0.1, 0.15) is 0 Å². The van der Waals surface area contributed by atoms with Gasteiger partial charge in [0, 0.05) is 7.05 Å². The highest BCUT2D eigenvalue weighted by molar-refractivity contribution is 14.1. The van der Waals surface area contributed by atoms with E-state index in [-0.39, 0.29) is 5.56 Å². The Bertz CT molecular complexity index is 486. The fourth-order valence-electron chi connectivity index (χ4n) is 1.05. The first-order chi connectivity index (χ1) is 5.70. The van der Waals surface area contributed by atoms with Crippen LogP contribution in [0.3, 0.4) is 0 Å². The highest BCUT2D eigenvalue weighted by Crippen LogP contribution is 2.11. The van der Waals surface area contributed by atoms with E-state index in [9.17, 15) is 4.79 Å². The number of nitrogens with one attached hydrogen (secondary N) is 1. The zero-order valence-corrected chi connectivity index (χ0v) is 8.36. The van der Waals surface area contributed by atoms with Crippen LogP contribution in [0.25, 0.3) is 11.0 Å². The zero-order valence-electron chi connectivity index (χ0n) is 6.21. The standard InChI is InChI=1S/C6H5IN4O/c1-11-5-3(4(7)10-11)6(12)9-2-8-5/h2H,1H3,(H,8,9,12). The maximum absolute atomic E-state index is 11.3. The van der Waals surface area contributed by atoms with Crippen LogP contribution in [-0.4, -0.2) is 19.7 Å². The van der Waals surface area contributed by atoms with Crippen LogP contribution in [0, 0.1) is 3.70 Å². The van der Waals surface area contributed by atoms with Crippen LogP contribution < -0.4 is 5.56 Å². The summed E-state index contributed by atoms with van der Waals surface area (Å²) in [6, 6.07) is 0. The number of H-pyrrole nitrogens is 1. The van der Waals surface area contributed by atoms with Gasteiger partial charge in [0.1, 0.15) is 9.09 Å². The molecule has 2 heterocycles. The van der Waals surface area contributed by atoms with Crippen molar-refractivity contribution in [2.45, 2.75) is 0 Å². The second-order valence-corrected chi connectivity index (χ2v) is 3.37. The molecule has 0 radical (unpaired) electrons. The van der Waals surface area contributed by atoms with E-state index < -0.39 is 0 Å². The van der Waals surface area contributed by atoms with Gasteiger partial charge in [-0.15, -0.1) is 0 Å². The second kappa shape index (κ2) is 2.54. The molecule has 0 fully saturated rings. The largest absolute Gasteiger partial charge is 0.312 e. The molecule has 6 heteroatoms. The summed E-state index contributed by atoms with van der Waals surface area (Å²) in [5.41, 5.74) is 0.473. The van der Waals surface area contributed by atoms with E-state index in [4.69, 9.17) is 0 Å². The number of fused-ring (bicyclic) bond motifs is 1. The van der Waals surface area contributed by atoms with Crippen LogP contribution >= 0.6 is 22.6 Å². The lowest BCUT2D eigenvalue weighted by atomic mass is 10.4. The molecule has 0 unspecified atom stereocenters.